The molecule has 9 nitrogen and oxygen atoms in total. The third-order valence-electron chi connectivity index (χ3n) is 8.85. The number of aryl methyl sites for hydroxylation is 1. The number of aromatic hydroxyl groups is 1. The molecule has 5 rings (SSSR count). The molecule has 0 aromatic heterocycles. The Balaban J connectivity index is 1.64. The van der Waals surface area contributed by atoms with Gasteiger partial charge in [0, 0.05) is 12.0 Å². The van der Waals surface area contributed by atoms with Gasteiger partial charge in [-0.3, -0.25) is 19.2 Å². The van der Waals surface area contributed by atoms with Gasteiger partial charge < -0.3 is 26.0 Å². The zero-order chi connectivity index (χ0) is 27.7. The second-order valence-corrected chi connectivity index (χ2v) is 11.0. The second kappa shape index (κ2) is 9.11. The molecule has 38 heavy (non-hydrogen) atoms. The van der Waals surface area contributed by atoms with Gasteiger partial charge >= 0.3 is 0 Å². The molecule has 0 radical (unpaired) electrons. The van der Waals surface area contributed by atoms with Crippen LogP contribution in [0.15, 0.2) is 36.4 Å². The van der Waals surface area contributed by atoms with Crippen LogP contribution in [0.25, 0.3) is 11.1 Å². The Labute approximate surface area is 220 Å². The van der Waals surface area contributed by atoms with Crippen molar-refractivity contribution in [3.8, 4) is 16.9 Å². The number of aliphatic hydroxyl groups excluding tert-OH is 1. The number of likely N-dealkylation sites (N-methyl/N-ethyl adjacent to an activating group) is 1. The van der Waals surface area contributed by atoms with E-state index < -0.39 is 64.7 Å². The average molecular weight is 521 g/mol. The van der Waals surface area contributed by atoms with E-state index in [-0.39, 0.29) is 24.2 Å². The van der Waals surface area contributed by atoms with Crippen LogP contribution in [0.2, 0.25) is 0 Å². The van der Waals surface area contributed by atoms with E-state index in [2.05, 4.69) is 6.92 Å². The van der Waals surface area contributed by atoms with Crippen molar-refractivity contribution in [3.05, 3.63) is 53.1 Å². The molecule has 0 aliphatic heterocycles. The topological polar surface area (TPSA) is 158 Å². The summed E-state index contributed by atoms with van der Waals surface area (Å²) in [6.07, 6.45) is -0.309. The van der Waals surface area contributed by atoms with Crippen LogP contribution in [-0.2, 0) is 27.2 Å². The first kappa shape index (κ1) is 26.2. The number of hydrogen-bond donors (Lipinski definition) is 4. The normalized spacial score (nSPS) is 32.5. The van der Waals surface area contributed by atoms with Gasteiger partial charge in [-0.1, -0.05) is 37.3 Å². The molecule has 9 heteroatoms. The first-order valence-electron chi connectivity index (χ1n) is 12.9. The highest BCUT2D eigenvalue weighted by molar-refractivity contribution is 6.25. The summed E-state index contributed by atoms with van der Waals surface area (Å²) in [5.74, 6) is -9.03. The molecule has 2 aromatic carbocycles. The number of hydrogen-bond acceptors (Lipinski definition) is 8. The molecule has 1 amide bonds. The van der Waals surface area contributed by atoms with Crippen LogP contribution in [0, 0.1) is 23.7 Å². The zero-order valence-corrected chi connectivity index (χ0v) is 21.5. The van der Waals surface area contributed by atoms with Crippen molar-refractivity contribution in [1.82, 2.24) is 4.90 Å². The van der Waals surface area contributed by atoms with Crippen LogP contribution in [0.3, 0.4) is 0 Å². The van der Waals surface area contributed by atoms with Gasteiger partial charge in [-0.2, -0.15) is 0 Å². The molecule has 0 saturated heterocycles. The molecule has 5 N–H and O–H groups in total. The molecule has 200 valence electrons. The van der Waals surface area contributed by atoms with E-state index in [0.717, 1.165) is 23.1 Å². The number of nitrogens with two attached hydrogens (primary N) is 1. The lowest BCUT2D eigenvalue weighted by atomic mass is 9.52. The predicted octanol–water partition coefficient (Wildman–Crippen LogP) is 0.888. The zero-order valence-electron chi connectivity index (χ0n) is 21.5. The van der Waals surface area contributed by atoms with E-state index in [4.69, 9.17) is 5.73 Å². The number of amides is 1. The van der Waals surface area contributed by atoms with Gasteiger partial charge in [-0.05, 0) is 67.6 Å². The molecule has 0 spiro atoms. The van der Waals surface area contributed by atoms with Gasteiger partial charge in [0.15, 0.2) is 23.0 Å². The Kier molecular flexibility index (Phi) is 6.29. The van der Waals surface area contributed by atoms with Crippen LogP contribution in [0.5, 0.6) is 5.75 Å². The first-order chi connectivity index (χ1) is 17.9. The second-order valence-electron chi connectivity index (χ2n) is 11.0. The van der Waals surface area contributed by atoms with E-state index in [1.807, 2.05) is 24.3 Å². The predicted molar refractivity (Wildman–Crippen MR) is 137 cm³/mol. The third kappa shape index (κ3) is 3.56. The quantitative estimate of drug-likeness (QED) is 0.433. The smallest absolute Gasteiger partial charge is 0.230 e. The molecular formula is C29H32N2O7. The Bertz CT molecular complexity index is 1350. The van der Waals surface area contributed by atoms with Crippen molar-refractivity contribution in [3.63, 3.8) is 0 Å². The van der Waals surface area contributed by atoms with E-state index in [9.17, 15) is 34.5 Å². The standard InChI is InChI=1S/C29H32N2O7/c1-4-13-5-7-14(8-6-13)16-9-10-19(32)21-17(16)11-15-12-18-23(31(2)3)25(34)22(28(30)37)27(36)29(18,38)26(35)20(15)24(21)33/h5-10,15,18,20,22-23,25,32,34,38H,4,11-12H2,1-3H3,(H2,30,37)/t15-,18-,20?,22?,23-,25?,29-/m1/s1. The van der Waals surface area contributed by atoms with E-state index >= 15 is 0 Å². The number of carbonyl (C=O) groups excluding carboxylic acids is 4. The minimum Gasteiger partial charge on any atom is -0.507 e. The minimum atomic E-state index is -2.66. The molecule has 0 heterocycles. The number of benzene rings is 2. The summed E-state index contributed by atoms with van der Waals surface area (Å²) in [6.45, 7) is 2.05. The van der Waals surface area contributed by atoms with E-state index in [1.165, 1.54) is 6.07 Å². The van der Waals surface area contributed by atoms with Gasteiger partial charge in [-0.15, -0.1) is 0 Å². The number of nitrogens with zero attached hydrogens (tertiary/aromatic N) is 1. The van der Waals surface area contributed by atoms with Gasteiger partial charge in [0.05, 0.1) is 17.6 Å². The highest BCUT2D eigenvalue weighted by atomic mass is 16.3. The average Bonchev–Trinajstić information content (AvgIpc) is 2.86. The fourth-order valence-electron chi connectivity index (χ4n) is 7.01. The lowest BCUT2D eigenvalue weighted by Gasteiger charge is -2.54. The fraction of sp³-hybridized carbons (Fsp3) is 0.448. The van der Waals surface area contributed by atoms with Crippen LogP contribution in [-0.4, -0.2) is 75.3 Å². The Morgan fingerprint density at radius 1 is 1.08 bits per heavy atom. The van der Waals surface area contributed by atoms with Gasteiger partial charge in [0.1, 0.15) is 11.7 Å². The summed E-state index contributed by atoms with van der Waals surface area (Å²) < 4.78 is 0. The molecule has 0 bridgehead atoms. The molecule has 2 aromatic rings. The summed E-state index contributed by atoms with van der Waals surface area (Å²) >= 11 is 0. The van der Waals surface area contributed by atoms with Crippen LogP contribution >= 0.6 is 0 Å². The van der Waals surface area contributed by atoms with Gasteiger partial charge in [-0.25, -0.2) is 0 Å². The maximum absolute atomic E-state index is 13.9. The van der Waals surface area contributed by atoms with Crippen LogP contribution < -0.4 is 5.73 Å². The monoisotopic (exact) mass is 520 g/mol. The Morgan fingerprint density at radius 3 is 2.32 bits per heavy atom. The molecular weight excluding hydrogens is 488 g/mol. The molecule has 2 fully saturated rings. The molecule has 2 saturated carbocycles. The van der Waals surface area contributed by atoms with Gasteiger partial charge in [0.2, 0.25) is 5.91 Å². The number of Topliss-reactive ketones (excluding diaryl/α,β-unsaturated/α-hetero) is 3. The van der Waals surface area contributed by atoms with Crippen LogP contribution in [0.1, 0.15) is 34.8 Å². The van der Waals surface area contributed by atoms with E-state index in [0.29, 0.717) is 5.56 Å². The summed E-state index contributed by atoms with van der Waals surface area (Å²) in [5, 5.41) is 33.4. The number of fused-ring (bicyclic) bond motifs is 3. The Morgan fingerprint density at radius 2 is 1.74 bits per heavy atom. The van der Waals surface area contributed by atoms with E-state index in [1.54, 1.807) is 25.1 Å². The summed E-state index contributed by atoms with van der Waals surface area (Å²) in [5.41, 5.74) is 6.14. The SMILES string of the molecule is CCc1ccc(-c2ccc(O)c3c2C[C@@H]2C[C@@H]4[C@@H](N(C)C)C(O)C(C(N)=O)C(=O)[C@]4(O)C(=O)C2C3=O)cc1. The van der Waals surface area contributed by atoms with Crippen molar-refractivity contribution < 1.29 is 34.5 Å². The highest BCUT2D eigenvalue weighted by Crippen LogP contribution is 2.52. The minimum absolute atomic E-state index is 0.0117. The van der Waals surface area contributed by atoms with Crippen molar-refractivity contribution in [2.24, 2.45) is 29.4 Å². The third-order valence-corrected chi connectivity index (χ3v) is 8.85. The number of phenols is 1. The highest BCUT2D eigenvalue weighted by Gasteiger charge is 2.69. The molecule has 3 unspecified atom stereocenters. The number of phenolic OH excluding ortho intramolecular Hbond substituents is 1. The van der Waals surface area contributed by atoms with Crippen molar-refractivity contribution in [2.45, 2.75) is 43.9 Å². The van der Waals surface area contributed by atoms with Gasteiger partial charge in [0.25, 0.3) is 0 Å². The number of ketones is 3. The molecule has 3 aliphatic rings. The van der Waals surface area contributed by atoms with Crippen molar-refractivity contribution in [1.29, 1.82) is 0 Å². The Hall–Kier alpha value is -3.40. The summed E-state index contributed by atoms with van der Waals surface area (Å²) in [6, 6.07) is 10.1. The van der Waals surface area contributed by atoms with Crippen molar-refractivity contribution in [2.75, 3.05) is 14.1 Å². The maximum atomic E-state index is 13.9. The van der Waals surface area contributed by atoms with Crippen molar-refractivity contribution >= 4 is 23.3 Å². The fourth-order valence-corrected chi connectivity index (χ4v) is 7.01. The maximum Gasteiger partial charge on any atom is 0.230 e. The summed E-state index contributed by atoms with van der Waals surface area (Å²) in [7, 11) is 3.24. The number of aliphatic hydroxyl groups is 2. The number of carbonyl (C=O) groups is 4. The number of rotatable bonds is 4. The van der Waals surface area contributed by atoms with Crippen LogP contribution in [0.4, 0.5) is 0 Å². The lowest BCUT2D eigenvalue weighted by molar-refractivity contribution is -0.190. The largest absolute Gasteiger partial charge is 0.507 e. The number of primary amides is 1. The molecule has 7 atom stereocenters. The first-order valence-corrected chi connectivity index (χ1v) is 12.9. The molecule has 3 aliphatic carbocycles. The summed E-state index contributed by atoms with van der Waals surface area (Å²) in [4.78, 5) is 54.8. The lowest BCUT2D eigenvalue weighted by Crippen LogP contribution is -2.75.